The Labute approximate surface area is 394 Å². The Balaban J connectivity index is 4.71. The van der Waals surface area contributed by atoms with Crippen LogP contribution in [0.3, 0.4) is 0 Å². The Bertz CT molecular complexity index is 1320. The van der Waals surface area contributed by atoms with Crippen LogP contribution in [0, 0.1) is 0 Å². The van der Waals surface area contributed by atoms with Crippen LogP contribution in [0.25, 0.3) is 0 Å². The molecule has 0 bridgehead atoms. The molecule has 0 aromatic carbocycles. The van der Waals surface area contributed by atoms with E-state index in [-0.39, 0.29) is 31.3 Å². The van der Waals surface area contributed by atoms with Crippen molar-refractivity contribution < 1.29 is 24.5 Å². The number of hydrogen-bond acceptors (Lipinski definition) is 5. The Morgan fingerprint density at radius 3 is 1.44 bits per heavy atom. The normalized spacial score (nSPS) is 14.1. The van der Waals surface area contributed by atoms with E-state index in [1.165, 1.54) is 83.5 Å². The number of carbonyl (C=O) groups excluding carboxylic acids is 2. The van der Waals surface area contributed by atoms with E-state index in [1.807, 2.05) is 36.5 Å². The fraction of sp³-hybridized carbons (Fsp3) is 0.655. The van der Waals surface area contributed by atoms with Gasteiger partial charge in [0.1, 0.15) is 6.10 Å². The second kappa shape index (κ2) is 50.5. The van der Waals surface area contributed by atoms with Crippen LogP contribution in [0.1, 0.15) is 220 Å². The van der Waals surface area contributed by atoms with Gasteiger partial charge in [0.15, 0.2) is 0 Å². The summed E-state index contributed by atoms with van der Waals surface area (Å²) in [4.78, 5) is 26.1. The zero-order valence-electron chi connectivity index (χ0n) is 41.4. The molecule has 0 aliphatic carbocycles. The minimum absolute atomic E-state index is 0.0152. The lowest BCUT2D eigenvalue weighted by Crippen LogP contribution is -2.46. The molecule has 3 unspecified atom stereocenters. The van der Waals surface area contributed by atoms with Crippen LogP contribution in [0.2, 0.25) is 0 Å². The molecule has 0 saturated carbocycles. The molecule has 3 atom stereocenters. The van der Waals surface area contributed by atoms with Gasteiger partial charge in [-0.25, -0.2) is 0 Å². The summed E-state index contributed by atoms with van der Waals surface area (Å²) in [7, 11) is 0. The van der Waals surface area contributed by atoms with Gasteiger partial charge >= 0.3 is 5.97 Å². The van der Waals surface area contributed by atoms with Crippen LogP contribution < -0.4 is 5.32 Å². The fourth-order valence-electron chi connectivity index (χ4n) is 7.31. The van der Waals surface area contributed by atoms with Crippen LogP contribution in [-0.2, 0) is 14.3 Å². The molecule has 0 spiro atoms. The number of unbranched alkanes of at least 4 members (excludes halogenated alkanes) is 18. The van der Waals surface area contributed by atoms with Gasteiger partial charge in [0, 0.05) is 6.42 Å². The minimum Gasteiger partial charge on any atom is -0.462 e. The molecule has 6 heteroatoms. The van der Waals surface area contributed by atoms with E-state index in [2.05, 4.69) is 99.0 Å². The van der Waals surface area contributed by atoms with E-state index < -0.39 is 18.2 Å². The summed E-state index contributed by atoms with van der Waals surface area (Å²) in [5.41, 5.74) is 0. The number of hydrogen-bond donors (Lipinski definition) is 3. The maximum absolute atomic E-state index is 13.2. The van der Waals surface area contributed by atoms with Gasteiger partial charge in [-0.05, 0) is 77.0 Å². The monoisotopic (exact) mass is 888 g/mol. The van der Waals surface area contributed by atoms with Crippen LogP contribution >= 0.6 is 0 Å². The molecule has 0 fully saturated rings. The van der Waals surface area contributed by atoms with Gasteiger partial charge in [-0.3, -0.25) is 9.59 Å². The van der Waals surface area contributed by atoms with E-state index >= 15 is 0 Å². The standard InChI is InChI=1S/C58H97NO5/c1-4-7-10-13-16-19-22-25-27-29-32-35-38-41-44-47-50-56(61)55(53-60)59-57(62)52-54(49-46-43-40-37-34-31-24-21-18-15-12-9-6-3)64-58(63)51-48-45-42-39-36-33-30-28-26-23-20-17-14-11-8-5-2/h8-9,11-12,15,17-18,20-21,24,26,28,31,33-34,36,42,45,54-56,60-61H,4-7,10,13-14,16,19,22-23,25,27,29-30,32,35,37-41,43-44,46-53H2,1-3H3,(H,59,62)/b11-8+,12-9+,18-15+,20-17+,24-21+,28-26+,34-31-,36-33+,45-42+. The van der Waals surface area contributed by atoms with E-state index in [9.17, 15) is 19.8 Å². The molecule has 0 aliphatic rings. The largest absolute Gasteiger partial charge is 0.462 e. The third-order valence-corrected chi connectivity index (χ3v) is 11.2. The third-order valence-electron chi connectivity index (χ3n) is 11.2. The Hall–Kier alpha value is -3.48. The highest BCUT2D eigenvalue weighted by atomic mass is 16.5. The smallest absolute Gasteiger partial charge is 0.306 e. The summed E-state index contributed by atoms with van der Waals surface area (Å²) in [6.45, 7) is 6.20. The van der Waals surface area contributed by atoms with E-state index in [0.29, 0.717) is 19.3 Å². The van der Waals surface area contributed by atoms with Crippen molar-refractivity contribution in [3.63, 3.8) is 0 Å². The summed E-state index contributed by atoms with van der Waals surface area (Å²) in [6.07, 6.45) is 68.7. The topological polar surface area (TPSA) is 95.9 Å². The average molecular weight is 888 g/mol. The summed E-state index contributed by atoms with van der Waals surface area (Å²) in [5.74, 6) is -0.621. The van der Waals surface area contributed by atoms with Gasteiger partial charge in [0.2, 0.25) is 5.91 Å². The number of nitrogens with one attached hydrogen (secondary N) is 1. The molecule has 3 N–H and O–H groups in total. The minimum atomic E-state index is -0.818. The lowest BCUT2D eigenvalue weighted by atomic mass is 10.0. The third kappa shape index (κ3) is 45.1. The van der Waals surface area contributed by atoms with Crippen molar-refractivity contribution in [3.05, 3.63) is 109 Å². The predicted molar refractivity (Wildman–Crippen MR) is 277 cm³/mol. The van der Waals surface area contributed by atoms with Gasteiger partial charge < -0.3 is 20.3 Å². The first-order valence-corrected chi connectivity index (χ1v) is 26.2. The number of aliphatic hydroxyl groups excluding tert-OH is 2. The highest BCUT2D eigenvalue weighted by molar-refractivity contribution is 5.77. The molecule has 0 aromatic rings. The molecular formula is C58H97NO5. The second-order valence-corrected chi connectivity index (χ2v) is 17.3. The van der Waals surface area contributed by atoms with Crippen molar-refractivity contribution in [1.29, 1.82) is 0 Å². The first-order chi connectivity index (χ1) is 31.5. The molecule has 64 heavy (non-hydrogen) atoms. The fourth-order valence-corrected chi connectivity index (χ4v) is 7.31. The lowest BCUT2D eigenvalue weighted by Gasteiger charge is -2.24. The summed E-state index contributed by atoms with van der Waals surface area (Å²) in [5, 5.41) is 23.8. The quantitative estimate of drug-likeness (QED) is 0.0245. The number of carbonyl (C=O) groups is 2. The number of aliphatic hydroxyl groups is 2. The number of amides is 1. The predicted octanol–water partition coefficient (Wildman–Crippen LogP) is 15.9. The zero-order valence-corrected chi connectivity index (χ0v) is 41.4. The van der Waals surface area contributed by atoms with Crippen molar-refractivity contribution in [2.75, 3.05) is 6.61 Å². The molecule has 0 radical (unpaired) electrons. The first kappa shape index (κ1) is 60.5. The maximum Gasteiger partial charge on any atom is 0.306 e. The van der Waals surface area contributed by atoms with Crippen LogP contribution in [0.15, 0.2) is 109 Å². The average Bonchev–Trinajstić information content (AvgIpc) is 3.29. The number of allylic oxidation sites excluding steroid dienone is 18. The molecule has 0 aliphatic heterocycles. The van der Waals surface area contributed by atoms with Crippen molar-refractivity contribution in [2.24, 2.45) is 0 Å². The van der Waals surface area contributed by atoms with E-state index in [0.717, 1.165) is 83.5 Å². The number of ether oxygens (including phenoxy) is 1. The molecule has 0 heterocycles. The summed E-state index contributed by atoms with van der Waals surface area (Å²) >= 11 is 0. The second-order valence-electron chi connectivity index (χ2n) is 17.3. The van der Waals surface area contributed by atoms with Crippen molar-refractivity contribution in [3.8, 4) is 0 Å². The van der Waals surface area contributed by atoms with Crippen molar-refractivity contribution in [2.45, 2.75) is 238 Å². The summed E-state index contributed by atoms with van der Waals surface area (Å²) < 4.78 is 5.87. The van der Waals surface area contributed by atoms with Crippen molar-refractivity contribution >= 4 is 11.9 Å². The molecule has 0 saturated heterocycles. The maximum atomic E-state index is 13.2. The number of rotatable bonds is 45. The van der Waals surface area contributed by atoms with Gasteiger partial charge in [0.25, 0.3) is 0 Å². The molecule has 6 nitrogen and oxygen atoms in total. The highest BCUT2D eigenvalue weighted by Crippen LogP contribution is 2.17. The van der Waals surface area contributed by atoms with E-state index in [1.54, 1.807) is 0 Å². The van der Waals surface area contributed by atoms with Crippen LogP contribution in [0.4, 0.5) is 0 Å². The summed E-state index contributed by atoms with van der Waals surface area (Å²) in [6, 6.07) is -0.736. The molecule has 1 amide bonds. The Kier molecular flexibility index (Phi) is 47.8. The van der Waals surface area contributed by atoms with Gasteiger partial charge in [0.05, 0.1) is 25.2 Å². The zero-order chi connectivity index (χ0) is 46.7. The van der Waals surface area contributed by atoms with E-state index in [4.69, 9.17) is 4.74 Å². The Morgan fingerprint density at radius 2 is 0.922 bits per heavy atom. The lowest BCUT2D eigenvalue weighted by molar-refractivity contribution is -0.150. The first-order valence-electron chi connectivity index (χ1n) is 26.2. The molecule has 0 rings (SSSR count). The van der Waals surface area contributed by atoms with Gasteiger partial charge in [-0.2, -0.15) is 0 Å². The van der Waals surface area contributed by atoms with Crippen LogP contribution in [-0.4, -0.2) is 46.9 Å². The van der Waals surface area contributed by atoms with Gasteiger partial charge in [-0.15, -0.1) is 0 Å². The molecule has 364 valence electrons. The molecule has 0 aromatic heterocycles. The van der Waals surface area contributed by atoms with Gasteiger partial charge in [-0.1, -0.05) is 239 Å². The molecular weight excluding hydrogens is 791 g/mol. The Morgan fingerprint density at radius 1 is 0.484 bits per heavy atom. The SMILES string of the molecule is CC/C=C/C=C/C=C/C=C\CCCCCC(CC(=O)NC(CO)C(O)CCCCCCCCCCCCCCCCCC)OC(=O)CC/C=C/C/C=C/C/C=C/C/C=C/C/C=C/CC. The van der Waals surface area contributed by atoms with Crippen molar-refractivity contribution in [1.82, 2.24) is 5.32 Å². The van der Waals surface area contributed by atoms with Crippen LogP contribution in [0.5, 0.6) is 0 Å². The highest BCUT2D eigenvalue weighted by Gasteiger charge is 2.24. The number of esters is 1.